The van der Waals surface area contributed by atoms with Crippen molar-refractivity contribution in [3.63, 3.8) is 0 Å². The van der Waals surface area contributed by atoms with Crippen LogP contribution in [0.2, 0.25) is 0 Å². The molecule has 0 saturated carbocycles. The summed E-state index contributed by atoms with van der Waals surface area (Å²) >= 11 is 1.32. The first-order chi connectivity index (χ1) is 8.49. The van der Waals surface area contributed by atoms with Crippen molar-refractivity contribution in [2.24, 2.45) is 0 Å². The molecule has 0 radical (unpaired) electrons. The maximum atomic E-state index is 11.9. The molecular weight excluding hydrogens is 248 g/mol. The number of nitrogens with zero attached hydrogens (tertiary/aromatic N) is 2. The van der Waals surface area contributed by atoms with Crippen LogP contribution < -0.4 is 16.0 Å². The molecule has 0 aliphatic heterocycles. The van der Waals surface area contributed by atoms with E-state index in [0.29, 0.717) is 17.2 Å². The van der Waals surface area contributed by atoms with Crippen molar-refractivity contribution < 1.29 is 4.79 Å². The Balaban J connectivity index is 2.83. The maximum absolute atomic E-state index is 11.9. The van der Waals surface area contributed by atoms with Crippen molar-refractivity contribution >= 4 is 28.2 Å². The summed E-state index contributed by atoms with van der Waals surface area (Å²) in [6, 6.07) is 0. The van der Waals surface area contributed by atoms with Crippen LogP contribution in [0.1, 0.15) is 30.4 Å². The molecule has 0 aromatic carbocycles. The number of carbonyl (C=O) groups is 1. The molecule has 1 heterocycles. The van der Waals surface area contributed by atoms with Crippen LogP contribution in [0.15, 0.2) is 12.2 Å². The first-order valence-electron chi connectivity index (χ1n) is 5.93. The Morgan fingerprint density at radius 2 is 2.11 bits per heavy atom. The second-order valence-electron chi connectivity index (χ2n) is 4.02. The molecule has 0 atom stereocenters. The zero-order valence-corrected chi connectivity index (χ0v) is 11.9. The highest BCUT2D eigenvalue weighted by Crippen LogP contribution is 2.27. The summed E-state index contributed by atoms with van der Waals surface area (Å²) < 4.78 is 0. The minimum absolute atomic E-state index is 0.189. The zero-order valence-electron chi connectivity index (χ0n) is 11.1. The third-order valence-corrected chi connectivity index (χ3v) is 3.56. The van der Waals surface area contributed by atoms with Crippen LogP contribution in [-0.2, 0) is 0 Å². The molecule has 0 fully saturated rings. The average Bonchev–Trinajstić information content (AvgIpc) is 2.70. The minimum Gasteiger partial charge on any atom is -0.382 e. The number of hydrogen-bond acceptors (Lipinski definition) is 5. The molecule has 1 amide bonds. The van der Waals surface area contributed by atoms with Crippen molar-refractivity contribution in [2.75, 3.05) is 30.3 Å². The van der Waals surface area contributed by atoms with Gasteiger partial charge in [-0.15, -0.1) is 0 Å². The van der Waals surface area contributed by atoms with Crippen molar-refractivity contribution in [1.29, 1.82) is 0 Å². The van der Waals surface area contributed by atoms with E-state index >= 15 is 0 Å². The number of nitrogen functional groups attached to an aromatic ring is 1. The fourth-order valence-corrected chi connectivity index (χ4v) is 2.45. The van der Waals surface area contributed by atoms with Crippen molar-refractivity contribution in [3.8, 4) is 0 Å². The van der Waals surface area contributed by atoms with Crippen LogP contribution in [0, 0.1) is 0 Å². The molecule has 1 rings (SSSR count). The molecule has 3 N–H and O–H groups in total. The minimum atomic E-state index is -0.189. The Labute approximate surface area is 112 Å². The summed E-state index contributed by atoms with van der Waals surface area (Å²) in [5.41, 5.74) is 6.68. The summed E-state index contributed by atoms with van der Waals surface area (Å²) in [6.45, 7) is 11.8. The lowest BCUT2D eigenvalue weighted by molar-refractivity contribution is 0.0961. The number of thiazole rings is 1. The highest BCUT2D eigenvalue weighted by molar-refractivity contribution is 7.18. The predicted molar refractivity (Wildman–Crippen MR) is 77.2 cm³/mol. The van der Waals surface area contributed by atoms with Crippen LogP contribution in [-0.4, -0.2) is 30.5 Å². The second-order valence-corrected chi connectivity index (χ2v) is 5.00. The molecule has 0 spiro atoms. The van der Waals surface area contributed by atoms with E-state index in [2.05, 4.69) is 21.8 Å². The van der Waals surface area contributed by atoms with Gasteiger partial charge >= 0.3 is 0 Å². The third-order valence-electron chi connectivity index (χ3n) is 2.43. The molecule has 1 aromatic heterocycles. The van der Waals surface area contributed by atoms with E-state index in [0.717, 1.165) is 23.8 Å². The molecule has 1 aromatic rings. The number of nitrogens with one attached hydrogen (secondary N) is 1. The van der Waals surface area contributed by atoms with Gasteiger partial charge in [0, 0.05) is 19.6 Å². The molecule has 0 unspecified atom stereocenters. The summed E-state index contributed by atoms with van der Waals surface area (Å²) in [5, 5.41) is 3.55. The lowest BCUT2D eigenvalue weighted by Gasteiger charge is -2.16. The third kappa shape index (κ3) is 3.46. The first kappa shape index (κ1) is 14.5. The van der Waals surface area contributed by atoms with E-state index in [9.17, 15) is 4.79 Å². The van der Waals surface area contributed by atoms with E-state index in [1.165, 1.54) is 11.3 Å². The van der Waals surface area contributed by atoms with Crippen molar-refractivity contribution in [3.05, 3.63) is 17.0 Å². The number of anilines is 2. The van der Waals surface area contributed by atoms with Gasteiger partial charge in [0.2, 0.25) is 0 Å². The van der Waals surface area contributed by atoms with E-state index in [1.807, 2.05) is 20.8 Å². The summed E-state index contributed by atoms with van der Waals surface area (Å²) in [6.07, 6.45) is 0. The first-order valence-corrected chi connectivity index (χ1v) is 6.75. The maximum Gasteiger partial charge on any atom is 0.265 e. The Hall–Kier alpha value is -1.56. The lowest BCUT2D eigenvalue weighted by atomic mass is 10.3. The van der Waals surface area contributed by atoms with Gasteiger partial charge in [-0.2, -0.15) is 0 Å². The van der Waals surface area contributed by atoms with Gasteiger partial charge in [0.1, 0.15) is 10.7 Å². The molecule has 0 aliphatic rings. The molecule has 0 saturated heterocycles. The molecule has 18 heavy (non-hydrogen) atoms. The second kappa shape index (κ2) is 6.39. The zero-order chi connectivity index (χ0) is 13.7. The highest BCUT2D eigenvalue weighted by Gasteiger charge is 2.18. The molecule has 5 nitrogen and oxygen atoms in total. The fourth-order valence-electron chi connectivity index (χ4n) is 1.42. The van der Waals surface area contributed by atoms with E-state index < -0.39 is 0 Å². The van der Waals surface area contributed by atoms with E-state index in [4.69, 9.17) is 5.73 Å². The number of carbonyl (C=O) groups excluding carboxylic acids is 1. The predicted octanol–water partition coefficient (Wildman–Crippen LogP) is 1.88. The Morgan fingerprint density at radius 3 is 2.61 bits per heavy atom. The largest absolute Gasteiger partial charge is 0.382 e. The van der Waals surface area contributed by atoms with Crippen molar-refractivity contribution in [1.82, 2.24) is 10.3 Å². The van der Waals surface area contributed by atoms with Crippen LogP contribution in [0.5, 0.6) is 0 Å². The molecule has 100 valence electrons. The highest BCUT2D eigenvalue weighted by atomic mass is 32.1. The van der Waals surface area contributed by atoms with Gasteiger partial charge in [-0.3, -0.25) is 4.79 Å². The van der Waals surface area contributed by atoms with Gasteiger partial charge in [0.25, 0.3) is 5.91 Å². The summed E-state index contributed by atoms with van der Waals surface area (Å²) in [4.78, 5) is 18.7. The lowest BCUT2D eigenvalue weighted by Crippen LogP contribution is -2.24. The number of hydrogen-bond donors (Lipinski definition) is 2. The summed E-state index contributed by atoms with van der Waals surface area (Å²) in [7, 11) is 0. The van der Waals surface area contributed by atoms with E-state index in [1.54, 1.807) is 0 Å². The van der Waals surface area contributed by atoms with Crippen LogP contribution in [0.3, 0.4) is 0 Å². The normalized spacial score (nSPS) is 10.2. The standard InChI is InChI=1S/C12H20N4OS/c1-5-16(6-2)12-15-10(13)9(18-12)11(17)14-7-8(3)4/h3,5-7,13H2,1-2,4H3,(H,14,17). The Bertz CT molecular complexity index is 437. The van der Waals surface area contributed by atoms with Crippen molar-refractivity contribution in [2.45, 2.75) is 20.8 Å². The monoisotopic (exact) mass is 268 g/mol. The number of nitrogens with two attached hydrogens (primary N) is 1. The SMILES string of the molecule is C=C(C)CNC(=O)c1sc(N(CC)CC)nc1N. The van der Waals surface area contributed by atoms with Gasteiger partial charge in [-0.1, -0.05) is 23.5 Å². The number of rotatable bonds is 6. The topological polar surface area (TPSA) is 71.2 Å². The Kier molecular flexibility index (Phi) is 5.15. The van der Waals surface area contributed by atoms with E-state index in [-0.39, 0.29) is 5.91 Å². The Morgan fingerprint density at radius 1 is 1.50 bits per heavy atom. The van der Waals surface area contributed by atoms with Crippen LogP contribution in [0.25, 0.3) is 0 Å². The van der Waals surface area contributed by atoms with Gasteiger partial charge < -0.3 is 16.0 Å². The van der Waals surface area contributed by atoms with Gasteiger partial charge in [-0.25, -0.2) is 4.98 Å². The van der Waals surface area contributed by atoms with Gasteiger partial charge in [0.05, 0.1) is 0 Å². The number of aromatic nitrogens is 1. The molecule has 6 heteroatoms. The number of amides is 1. The fraction of sp³-hybridized carbons (Fsp3) is 0.500. The summed E-state index contributed by atoms with van der Waals surface area (Å²) in [5.74, 6) is 0.104. The van der Waals surface area contributed by atoms with Crippen LogP contribution in [0.4, 0.5) is 10.9 Å². The molecule has 0 aliphatic carbocycles. The average molecular weight is 268 g/mol. The van der Waals surface area contributed by atoms with Gasteiger partial charge in [-0.05, 0) is 20.8 Å². The molecule has 0 bridgehead atoms. The quantitative estimate of drug-likeness (QED) is 0.773. The smallest absolute Gasteiger partial charge is 0.265 e. The van der Waals surface area contributed by atoms with Gasteiger partial charge in [0.15, 0.2) is 5.13 Å². The molecular formula is C12H20N4OS. The van der Waals surface area contributed by atoms with Crippen LogP contribution >= 0.6 is 11.3 Å².